The minimum Gasteiger partial charge on any atom is -0.454 e. The molecule has 0 fully saturated rings. The summed E-state index contributed by atoms with van der Waals surface area (Å²) in [6, 6.07) is 7.69. The van der Waals surface area contributed by atoms with Crippen LogP contribution in [0.3, 0.4) is 0 Å². The second kappa shape index (κ2) is 6.43. The summed E-state index contributed by atoms with van der Waals surface area (Å²) < 4.78 is 46.8. The molecule has 0 unspecified atom stereocenters. The average molecular weight is 360 g/mol. The number of benzene rings is 2. The van der Waals surface area contributed by atoms with Crippen molar-refractivity contribution in [2.75, 3.05) is 6.79 Å². The molecule has 0 saturated heterocycles. The third-order valence-corrected chi connectivity index (χ3v) is 3.58. The van der Waals surface area contributed by atoms with Gasteiger partial charge in [0.1, 0.15) is 11.6 Å². The fourth-order valence-electron chi connectivity index (χ4n) is 2.33. The van der Waals surface area contributed by atoms with Gasteiger partial charge in [-0.2, -0.15) is 4.98 Å². The van der Waals surface area contributed by atoms with Gasteiger partial charge in [0.15, 0.2) is 18.1 Å². The van der Waals surface area contributed by atoms with Crippen molar-refractivity contribution in [2.45, 2.75) is 6.61 Å². The molecule has 132 valence electrons. The van der Waals surface area contributed by atoms with Crippen molar-refractivity contribution < 1.29 is 32.3 Å². The predicted molar refractivity (Wildman–Crippen MR) is 81.3 cm³/mol. The van der Waals surface area contributed by atoms with Crippen LogP contribution >= 0.6 is 0 Å². The summed E-state index contributed by atoms with van der Waals surface area (Å²) in [4.78, 5) is 16.0. The van der Waals surface area contributed by atoms with Crippen molar-refractivity contribution in [2.24, 2.45) is 0 Å². The molecule has 0 aliphatic carbocycles. The third kappa shape index (κ3) is 3.06. The molecule has 7 nitrogen and oxygen atoms in total. The minimum absolute atomic E-state index is 0.0218. The maximum Gasteiger partial charge on any atom is 0.341 e. The molecule has 0 spiro atoms. The summed E-state index contributed by atoms with van der Waals surface area (Å²) in [6.45, 7) is -0.209. The number of fused-ring (bicyclic) bond motifs is 1. The molecule has 9 heteroatoms. The number of rotatable bonds is 4. The Morgan fingerprint density at radius 2 is 1.96 bits per heavy atom. The Morgan fingerprint density at radius 1 is 1.12 bits per heavy atom. The van der Waals surface area contributed by atoms with E-state index < -0.39 is 17.6 Å². The number of carbonyl (C=O) groups is 1. The predicted octanol–water partition coefficient (Wildman–Crippen LogP) is 3.10. The standard InChI is InChI=1S/C17H10F2N2O5/c18-10-2-3-11(12(19)6-10)17(22)23-7-15-20-16(21-26-15)9-1-4-13-14(5-9)25-8-24-13/h1-6H,7-8H2. The highest BCUT2D eigenvalue weighted by molar-refractivity contribution is 5.89. The van der Waals surface area contributed by atoms with Crippen LogP contribution in [0.15, 0.2) is 40.9 Å². The molecule has 1 aliphatic heterocycles. The number of hydrogen-bond donors (Lipinski definition) is 0. The van der Waals surface area contributed by atoms with E-state index in [1.807, 2.05) is 0 Å². The first-order chi connectivity index (χ1) is 12.6. The van der Waals surface area contributed by atoms with Crippen LogP contribution in [0.4, 0.5) is 8.78 Å². The molecule has 0 bridgehead atoms. The lowest BCUT2D eigenvalue weighted by atomic mass is 10.2. The normalized spacial score (nSPS) is 12.2. The molecule has 4 rings (SSSR count). The van der Waals surface area contributed by atoms with E-state index in [0.29, 0.717) is 23.1 Å². The van der Waals surface area contributed by atoms with Crippen molar-refractivity contribution in [1.29, 1.82) is 0 Å². The van der Waals surface area contributed by atoms with Gasteiger partial charge in [-0.05, 0) is 30.3 Å². The van der Waals surface area contributed by atoms with Crippen LogP contribution in [-0.4, -0.2) is 22.9 Å². The third-order valence-electron chi connectivity index (χ3n) is 3.58. The molecule has 1 aromatic heterocycles. The summed E-state index contributed by atoms with van der Waals surface area (Å²) in [5.41, 5.74) is 0.238. The van der Waals surface area contributed by atoms with Crippen molar-refractivity contribution in [3.63, 3.8) is 0 Å². The monoisotopic (exact) mass is 360 g/mol. The number of carbonyl (C=O) groups excluding carboxylic acids is 1. The van der Waals surface area contributed by atoms with Crippen LogP contribution in [0.2, 0.25) is 0 Å². The molecule has 2 aromatic carbocycles. The van der Waals surface area contributed by atoms with E-state index in [0.717, 1.165) is 12.1 Å². The molecular formula is C17H10F2N2O5. The molecule has 3 aromatic rings. The van der Waals surface area contributed by atoms with Crippen molar-refractivity contribution in [3.05, 3.63) is 59.5 Å². The van der Waals surface area contributed by atoms with Gasteiger partial charge in [0, 0.05) is 11.6 Å². The molecule has 2 heterocycles. The van der Waals surface area contributed by atoms with E-state index >= 15 is 0 Å². The Balaban J connectivity index is 1.44. The molecular weight excluding hydrogens is 350 g/mol. The van der Waals surface area contributed by atoms with Crippen molar-refractivity contribution in [3.8, 4) is 22.9 Å². The Hall–Kier alpha value is -3.49. The second-order valence-electron chi connectivity index (χ2n) is 5.28. The van der Waals surface area contributed by atoms with Crippen LogP contribution < -0.4 is 9.47 Å². The first kappa shape index (κ1) is 16.0. The van der Waals surface area contributed by atoms with Gasteiger partial charge in [-0.1, -0.05) is 5.16 Å². The zero-order valence-electron chi connectivity index (χ0n) is 13.1. The zero-order valence-corrected chi connectivity index (χ0v) is 13.1. The summed E-state index contributed by atoms with van der Waals surface area (Å²) in [6.07, 6.45) is 0. The smallest absolute Gasteiger partial charge is 0.341 e. The Morgan fingerprint density at radius 3 is 2.81 bits per heavy atom. The molecule has 0 atom stereocenters. The first-order valence-corrected chi connectivity index (χ1v) is 7.45. The highest BCUT2D eigenvalue weighted by atomic mass is 19.1. The Bertz CT molecular complexity index is 989. The first-order valence-electron chi connectivity index (χ1n) is 7.45. The number of halogens is 2. The van der Waals surface area contributed by atoms with E-state index in [2.05, 4.69) is 10.1 Å². The Kier molecular flexibility index (Phi) is 3.96. The van der Waals surface area contributed by atoms with Gasteiger partial charge >= 0.3 is 5.97 Å². The van der Waals surface area contributed by atoms with E-state index in [9.17, 15) is 13.6 Å². The van der Waals surface area contributed by atoms with Gasteiger partial charge in [0.05, 0.1) is 5.56 Å². The molecule has 0 N–H and O–H groups in total. The summed E-state index contributed by atoms with van der Waals surface area (Å²) >= 11 is 0. The number of nitrogens with zero attached hydrogens (tertiary/aromatic N) is 2. The number of hydrogen-bond acceptors (Lipinski definition) is 7. The van der Waals surface area contributed by atoms with Crippen LogP contribution in [0, 0.1) is 11.6 Å². The zero-order chi connectivity index (χ0) is 18.1. The SMILES string of the molecule is O=C(OCc1nc(-c2ccc3c(c2)OCO3)no1)c1ccc(F)cc1F. The van der Waals surface area contributed by atoms with Gasteiger partial charge in [0.25, 0.3) is 5.89 Å². The number of esters is 1. The van der Waals surface area contributed by atoms with Gasteiger partial charge < -0.3 is 18.7 Å². The van der Waals surface area contributed by atoms with Gasteiger partial charge in [-0.3, -0.25) is 0 Å². The van der Waals surface area contributed by atoms with Gasteiger partial charge in [-0.15, -0.1) is 0 Å². The molecule has 0 saturated carbocycles. The minimum atomic E-state index is -1.01. The lowest BCUT2D eigenvalue weighted by molar-refractivity contribution is 0.0424. The molecule has 1 aliphatic rings. The van der Waals surface area contributed by atoms with E-state index in [-0.39, 0.29) is 30.7 Å². The van der Waals surface area contributed by atoms with Crippen LogP contribution in [0.5, 0.6) is 11.5 Å². The summed E-state index contributed by atoms with van der Waals surface area (Å²) in [5, 5.41) is 3.79. The van der Waals surface area contributed by atoms with E-state index in [4.69, 9.17) is 18.7 Å². The highest BCUT2D eigenvalue weighted by Gasteiger charge is 2.18. The summed E-state index contributed by atoms with van der Waals surface area (Å²) in [5.74, 6) is -1.30. The lowest BCUT2D eigenvalue weighted by Crippen LogP contribution is -2.08. The molecule has 26 heavy (non-hydrogen) atoms. The Labute approximate surface area is 145 Å². The maximum absolute atomic E-state index is 13.5. The maximum atomic E-state index is 13.5. The number of aromatic nitrogens is 2. The fraction of sp³-hybridized carbons (Fsp3) is 0.118. The highest BCUT2D eigenvalue weighted by Crippen LogP contribution is 2.35. The molecule has 0 radical (unpaired) electrons. The largest absolute Gasteiger partial charge is 0.454 e. The fourth-order valence-corrected chi connectivity index (χ4v) is 2.33. The van der Waals surface area contributed by atoms with Crippen LogP contribution in [0.1, 0.15) is 16.2 Å². The van der Waals surface area contributed by atoms with Crippen molar-refractivity contribution in [1.82, 2.24) is 10.1 Å². The van der Waals surface area contributed by atoms with Gasteiger partial charge in [-0.25, -0.2) is 13.6 Å². The quantitative estimate of drug-likeness (QED) is 0.661. The van der Waals surface area contributed by atoms with E-state index in [1.165, 1.54) is 0 Å². The average Bonchev–Trinajstić information content (AvgIpc) is 3.28. The van der Waals surface area contributed by atoms with Crippen LogP contribution in [-0.2, 0) is 11.3 Å². The van der Waals surface area contributed by atoms with Crippen LogP contribution in [0.25, 0.3) is 11.4 Å². The van der Waals surface area contributed by atoms with E-state index in [1.54, 1.807) is 18.2 Å². The summed E-state index contributed by atoms with van der Waals surface area (Å²) in [7, 11) is 0. The van der Waals surface area contributed by atoms with Gasteiger partial charge in [0.2, 0.25) is 12.6 Å². The topological polar surface area (TPSA) is 83.7 Å². The lowest BCUT2D eigenvalue weighted by Gasteiger charge is -2.03. The van der Waals surface area contributed by atoms with Crippen molar-refractivity contribution >= 4 is 5.97 Å². The molecule has 0 amide bonds. The second-order valence-corrected chi connectivity index (χ2v) is 5.28. The number of ether oxygens (including phenoxy) is 3.